The van der Waals surface area contributed by atoms with Crippen molar-refractivity contribution >= 4 is 17.9 Å². The Balaban J connectivity index is 1.27. The van der Waals surface area contributed by atoms with Crippen LogP contribution in [0.3, 0.4) is 0 Å². The van der Waals surface area contributed by atoms with Gasteiger partial charge in [-0.3, -0.25) is 4.79 Å². The van der Waals surface area contributed by atoms with Crippen LogP contribution >= 0.6 is 0 Å². The molecule has 47 heavy (non-hydrogen) atoms. The Kier molecular flexibility index (Phi) is 10.3. The molecule has 12 atom stereocenters. The van der Waals surface area contributed by atoms with Crippen molar-refractivity contribution in [1.82, 2.24) is 0 Å². The quantitative estimate of drug-likeness (QED) is 0.108. The zero-order chi connectivity index (χ0) is 34.3. The third-order valence-corrected chi connectivity index (χ3v) is 9.55. The molecule has 1 aromatic rings. The maximum atomic E-state index is 12.7. The number of fused-ring (bicyclic) bond motifs is 3. The van der Waals surface area contributed by atoms with E-state index in [1.807, 2.05) is 0 Å². The number of esters is 3. The fourth-order valence-electron chi connectivity index (χ4n) is 6.82. The van der Waals surface area contributed by atoms with Crippen LogP contribution in [-0.4, -0.2) is 105 Å². The van der Waals surface area contributed by atoms with Gasteiger partial charge in [-0.2, -0.15) is 0 Å². The van der Waals surface area contributed by atoms with Crippen LogP contribution in [0.2, 0.25) is 0 Å². The summed E-state index contributed by atoms with van der Waals surface area (Å²) in [5, 5.41) is 51.6. The molecular weight excluding hydrogens is 616 g/mol. The number of rotatable bonds is 9. The van der Waals surface area contributed by atoms with Gasteiger partial charge in [-0.05, 0) is 41.5 Å². The second kappa shape index (κ2) is 13.9. The molecule has 0 radical (unpaired) electrons. The SMILES string of the molecule is C=C1CC(OC(=O)C(O)C(C)C)C2C(=C)C(=O)OC2C2C(=C)C(O[C@@H]3O[C@H](COC(=O)Cc4ccc(O)cc4)[C@@H](O)[C@H](O)[C@H]3O)CC12. The van der Waals surface area contributed by atoms with E-state index in [4.69, 9.17) is 23.7 Å². The number of phenols is 1. The predicted octanol–water partition coefficient (Wildman–Crippen LogP) is 0.849. The number of aliphatic hydroxyl groups is 4. The van der Waals surface area contributed by atoms with Gasteiger partial charge in [0.1, 0.15) is 49.0 Å². The van der Waals surface area contributed by atoms with Crippen LogP contribution in [0.1, 0.15) is 32.3 Å². The molecule has 2 saturated carbocycles. The normalized spacial score (nSPS) is 35.9. The van der Waals surface area contributed by atoms with E-state index in [0.717, 1.165) is 0 Å². The molecule has 2 saturated heterocycles. The smallest absolute Gasteiger partial charge is 0.335 e. The topological polar surface area (TPSA) is 199 Å². The number of aromatic hydroxyl groups is 1. The zero-order valence-electron chi connectivity index (χ0n) is 26.3. The van der Waals surface area contributed by atoms with Crippen molar-refractivity contribution in [3.8, 4) is 5.75 Å². The second-order valence-electron chi connectivity index (χ2n) is 13.1. The van der Waals surface area contributed by atoms with Gasteiger partial charge < -0.3 is 49.2 Å². The number of phenolic OH excluding ortho intramolecular Hbond substituents is 1. The Labute approximate surface area is 272 Å². The molecule has 0 amide bonds. The Morgan fingerprint density at radius 1 is 1.02 bits per heavy atom. The lowest BCUT2D eigenvalue weighted by Gasteiger charge is -2.41. The first-order valence-corrected chi connectivity index (χ1v) is 15.6. The fraction of sp³-hybridized carbons (Fsp3) is 0.559. The maximum Gasteiger partial charge on any atom is 0.335 e. The van der Waals surface area contributed by atoms with E-state index in [-0.39, 0.29) is 42.4 Å². The lowest BCUT2D eigenvalue weighted by molar-refractivity contribution is -0.308. The molecule has 7 unspecified atom stereocenters. The third-order valence-electron chi connectivity index (χ3n) is 9.55. The number of ether oxygens (including phenoxy) is 5. The van der Waals surface area contributed by atoms with Crippen LogP contribution in [-0.2, 0) is 44.5 Å². The molecule has 4 aliphatic rings. The van der Waals surface area contributed by atoms with Crippen molar-refractivity contribution in [1.29, 1.82) is 0 Å². The van der Waals surface area contributed by atoms with E-state index in [9.17, 15) is 39.9 Å². The molecule has 13 heteroatoms. The number of hydrogen-bond donors (Lipinski definition) is 5. The molecule has 0 spiro atoms. The monoisotopic (exact) mass is 658 g/mol. The number of aliphatic hydroxyl groups excluding tert-OH is 4. The Morgan fingerprint density at radius 2 is 1.70 bits per heavy atom. The van der Waals surface area contributed by atoms with Crippen molar-refractivity contribution < 1.29 is 63.6 Å². The summed E-state index contributed by atoms with van der Waals surface area (Å²) in [6.07, 6.45) is -11.1. The molecule has 2 aliphatic heterocycles. The van der Waals surface area contributed by atoms with Gasteiger partial charge in [0.15, 0.2) is 12.4 Å². The highest BCUT2D eigenvalue weighted by molar-refractivity contribution is 5.91. The predicted molar refractivity (Wildman–Crippen MR) is 162 cm³/mol. The van der Waals surface area contributed by atoms with E-state index in [1.165, 1.54) is 12.1 Å². The molecule has 1 aromatic carbocycles. The minimum atomic E-state index is -1.69. The summed E-state index contributed by atoms with van der Waals surface area (Å²) in [7, 11) is 0. The first-order chi connectivity index (χ1) is 22.2. The molecular formula is C34H42O13. The standard InChI is InChI=1S/C34H42O13/c1-14(2)27(37)33(42)44-22-10-15(3)20-12-21(16(4)25(20)31-26(22)17(5)32(41)47-31)45-34-30(40)29(39)28(38)23(46-34)13-43-24(36)11-18-6-8-19(35)9-7-18/h6-9,14,20-23,25-31,34-35,37-40H,3-5,10-13H2,1-2H3/t20?,21?,22?,23-,25?,26?,27?,28-,29+,30-,31?,34-/m1/s1. The Hall–Kier alpha value is -3.59. The van der Waals surface area contributed by atoms with E-state index in [0.29, 0.717) is 16.7 Å². The van der Waals surface area contributed by atoms with Gasteiger partial charge in [0.2, 0.25) is 0 Å². The van der Waals surface area contributed by atoms with Crippen LogP contribution in [0.25, 0.3) is 0 Å². The highest BCUT2D eigenvalue weighted by atomic mass is 16.7. The highest BCUT2D eigenvalue weighted by Gasteiger charge is 2.58. The summed E-state index contributed by atoms with van der Waals surface area (Å²) in [4.78, 5) is 37.9. The number of hydrogen-bond acceptors (Lipinski definition) is 13. The van der Waals surface area contributed by atoms with Gasteiger partial charge >= 0.3 is 17.9 Å². The van der Waals surface area contributed by atoms with Crippen LogP contribution < -0.4 is 0 Å². The van der Waals surface area contributed by atoms with Crippen molar-refractivity contribution in [3.05, 3.63) is 66.3 Å². The molecule has 2 heterocycles. The van der Waals surface area contributed by atoms with Crippen molar-refractivity contribution in [3.63, 3.8) is 0 Å². The molecule has 4 fully saturated rings. The Morgan fingerprint density at radius 3 is 2.36 bits per heavy atom. The molecule has 5 rings (SSSR count). The molecule has 13 nitrogen and oxygen atoms in total. The number of carbonyl (C=O) groups excluding carboxylic acids is 3. The van der Waals surface area contributed by atoms with Crippen LogP contribution in [0.15, 0.2) is 60.7 Å². The minimum absolute atomic E-state index is 0.0468. The number of benzene rings is 1. The van der Waals surface area contributed by atoms with Crippen LogP contribution in [0.5, 0.6) is 5.75 Å². The molecule has 0 aromatic heterocycles. The Bertz CT molecular complexity index is 1400. The van der Waals surface area contributed by atoms with E-state index < -0.39 is 91.5 Å². The van der Waals surface area contributed by atoms with E-state index >= 15 is 0 Å². The van der Waals surface area contributed by atoms with Gasteiger partial charge in [0.25, 0.3) is 0 Å². The molecule has 256 valence electrons. The van der Waals surface area contributed by atoms with Gasteiger partial charge in [0, 0.05) is 17.9 Å². The van der Waals surface area contributed by atoms with E-state index in [1.54, 1.807) is 26.0 Å². The first-order valence-electron chi connectivity index (χ1n) is 15.6. The van der Waals surface area contributed by atoms with Crippen LogP contribution in [0, 0.1) is 23.7 Å². The second-order valence-corrected chi connectivity index (χ2v) is 13.1. The van der Waals surface area contributed by atoms with Gasteiger partial charge in [-0.15, -0.1) is 0 Å². The van der Waals surface area contributed by atoms with Gasteiger partial charge in [-0.1, -0.05) is 51.3 Å². The largest absolute Gasteiger partial charge is 0.508 e. The highest BCUT2D eigenvalue weighted by Crippen LogP contribution is 2.53. The summed E-state index contributed by atoms with van der Waals surface area (Å²) in [6.45, 7) is 15.3. The zero-order valence-corrected chi connectivity index (χ0v) is 26.3. The number of carbonyl (C=O) groups is 3. The van der Waals surface area contributed by atoms with Gasteiger partial charge in [-0.25, -0.2) is 9.59 Å². The summed E-state index contributed by atoms with van der Waals surface area (Å²) in [5.41, 5.74) is 1.89. The summed E-state index contributed by atoms with van der Waals surface area (Å²) in [6, 6.07) is 5.98. The van der Waals surface area contributed by atoms with Crippen LogP contribution in [0.4, 0.5) is 0 Å². The lowest BCUT2D eigenvalue weighted by atomic mass is 9.81. The average molecular weight is 659 g/mol. The van der Waals surface area contributed by atoms with Crippen molar-refractivity contribution in [2.24, 2.45) is 23.7 Å². The van der Waals surface area contributed by atoms with Crippen molar-refractivity contribution in [2.75, 3.05) is 6.61 Å². The fourth-order valence-corrected chi connectivity index (χ4v) is 6.82. The average Bonchev–Trinajstić information content (AvgIpc) is 3.47. The van der Waals surface area contributed by atoms with Crippen molar-refractivity contribution in [2.45, 2.75) is 88.2 Å². The summed E-state index contributed by atoms with van der Waals surface area (Å²) in [5.74, 6) is -4.04. The molecule has 0 bridgehead atoms. The summed E-state index contributed by atoms with van der Waals surface area (Å²) < 4.78 is 28.7. The molecule has 2 aliphatic carbocycles. The summed E-state index contributed by atoms with van der Waals surface area (Å²) >= 11 is 0. The van der Waals surface area contributed by atoms with E-state index in [2.05, 4.69) is 19.7 Å². The van der Waals surface area contributed by atoms with Gasteiger partial charge in [0.05, 0.1) is 18.4 Å². The third kappa shape index (κ3) is 7.01. The molecule has 5 N–H and O–H groups in total. The minimum Gasteiger partial charge on any atom is -0.508 e. The lowest BCUT2D eigenvalue weighted by Crippen LogP contribution is -2.60. The first kappa shape index (κ1) is 34.7. The maximum absolute atomic E-state index is 12.7.